The van der Waals surface area contributed by atoms with Gasteiger partial charge >= 0.3 is 0 Å². The minimum absolute atomic E-state index is 0.397. The predicted octanol–water partition coefficient (Wildman–Crippen LogP) is 2.41. The topological polar surface area (TPSA) is 21.3 Å². The van der Waals surface area contributed by atoms with Crippen molar-refractivity contribution >= 4 is 11.6 Å². The average Bonchev–Trinajstić information content (AvgIpc) is 2.18. The van der Waals surface area contributed by atoms with Crippen molar-refractivity contribution in [2.75, 3.05) is 19.7 Å². The number of nitrogens with one attached hydrogen (secondary N) is 1. The van der Waals surface area contributed by atoms with Crippen LogP contribution in [0.25, 0.3) is 0 Å². The maximum absolute atomic E-state index is 5.75. The summed E-state index contributed by atoms with van der Waals surface area (Å²) >= 11 is 5.75. The molecule has 2 fully saturated rings. The van der Waals surface area contributed by atoms with Gasteiger partial charge in [0.2, 0.25) is 0 Å². The van der Waals surface area contributed by atoms with Gasteiger partial charge in [-0.25, -0.2) is 0 Å². The molecule has 14 heavy (non-hydrogen) atoms. The molecule has 2 heterocycles. The smallest absolute Gasteiger partial charge is 0.0620 e. The van der Waals surface area contributed by atoms with Crippen LogP contribution in [0.15, 0.2) is 0 Å². The lowest BCUT2D eigenvalue weighted by atomic mass is 9.84. The molecule has 2 atom stereocenters. The van der Waals surface area contributed by atoms with Gasteiger partial charge in [0.15, 0.2) is 0 Å². The molecule has 1 N–H and O–H groups in total. The van der Waals surface area contributed by atoms with Gasteiger partial charge in [0.1, 0.15) is 0 Å². The third kappa shape index (κ3) is 3.76. The molecule has 0 spiro atoms. The van der Waals surface area contributed by atoms with E-state index in [4.69, 9.17) is 16.3 Å². The Morgan fingerprint density at radius 1 is 1.43 bits per heavy atom. The summed E-state index contributed by atoms with van der Waals surface area (Å²) in [6.45, 7) is 9.66. The van der Waals surface area contributed by atoms with Crippen LogP contribution in [0.3, 0.4) is 0 Å². The van der Waals surface area contributed by atoms with Crippen LogP contribution in [-0.2, 0) is 4.74 Å². The lowest BCUT2D eigenvalue weighted by Crippen LogP contribution is -2.45. The summed E-state index contributed by atoms with van der Waals surface area (Å²) in [6, 6.07) is 0. The van der Waals surface area contributed by atoms with Crippen molar-refractivity contribution in [3.8, 4) is 0 Å². The number of piperidine rings is 1. The molecule has 0 bridgehead atoms. The lowest BCUT2D eigenvalue weighted by molar-refractivity contribution is -0.156. The fraction of sp³-hybridized carbons (Fsp3) is 1.00. The molecule has 2 unspecified atom stereocenters. The van der Waals surface area contributed by atoms with E-state index in [1.165, 1.54) is 12.8 Å². The van der Waals surface area contributed by atoms with Gasteiger partial charge in [-0.1, -0.05) is 13.8 Å². The normalized spacial score (nSPS) is 35.1. The van der Waals surface area contributed by atoms with Crippen LogP contribution in [-0.4, -0.2) is 31.2 Å². The molecule has 0 saturated carbocycles. The van der Waals surface area contributed by atoms with Crippen LogP contribution in [0.2, 0.25) is 0 Å². The van der Waals surface area contributed by atoms with E-state index in [2.05, 4.69) is 26.1 Å². The first kappa shape index (κ1) is 12.3. The number of hydrogen-bond acceptors (Lipinski definition) is 2. The molecule has 84 valence electrons. The first-order valence-corrected chi connectivity index (χ1v) is 5.92. The van der Waals surface area contributed by atoms with Crippen molar-refractivity contribution in [2.24, 2.45) is 5.41 Å². The Labute approximate surface area is 92.3 Å². The maximum Gasteiger partial charge on any atom is 0.0620 e. The zero-order chi connectivity index (χ0) is 10.6. The van der Waals surface area contributed by atoms with Crippen molar-refractivity contribution in [2.45, 2.75) is 45.1 Å². The Hall–Kier alpha value is 0.210. The predicted molar refractivity (Wildman–Crippen MR) is 60.9 cm³/mol. The van der Waals surface area contributed by atoms with Crippen molar-refractivity contribution in [1.82, 2.24) is 5.32 Å². The number of alkyl halides is 1. The molecule has 0 aromatic carbocycles. The van der Waals surface area contributed by atoms with E-state index < -0.39 is 0 Å². The molecule has 0 amide bonds. The van der Waals surface area contributed by atoms with E-state index in [9.17, 15) is 0 Å². The molecule has 3 heteroatoms. The van der Waals surface area contributed by atoms with E-state index in [-0.39, 0.29) is 0 Å². The quantitative estimate of drug-likeness (QED) is 0.632. The van der Waals surface area contributed by atoms with Gasteiger partial charge in [-0.05, 0) is 26.3 Å². The fourth-order valence-corrected chi connectivity index (χ4v) is 1.66. The van der Waals surface area contributed by atoms with Crippen LogP contribution < -0.4 is 5.32 Å². The maximum atomic E-state index is 5.75. The molecule has 0 aromatic rings. The monoisotopic (exact) mass is 219 g/mol. The molecule has 2 aliphatic rings. The van der Waals surface area contributed by atoms with Gasteiger partial charge in [0, 0.05) is 17.3 Å². The second-order valence-corrected chi connectivity index (χ2v) is 5.50. The van der Waals surface area contributed by atoms with Crippen molar-refractivity contribution in [3.05, 3.63) is 0 Å². The van der Waals surface area contributed by atoms with Crippen LogP contribution in [0, 0.1) is 5.41 Å². The highest BCUT2D eigenvalue weighted by Crippen LogP contribution is 2.32. The zero-order valence-corrected chi connectivity index (χ0v) is 10.2. The number of halogens is 1. The molecule has 0 aromatic heterocycles. The fourth-order valence-electron chi connectivity index (χ4n) is 1.39. The van der Waals surface area contributed by atoms with Gasteiger partial charge in [-0.15, -0.1) is 11.6 Å². The minimum Gasteiger partial charge on any atom is -0.377 e. The average molecular weight is 220 g/mol. The highest BCUT2D eigenvalue weighted by Gasteiger charge is 2.35. The SMILES string of the molecule is CC1OCC1(C)C.ClC1CCCNC1. The summed E-state index contributed by atoms with van der Waals surface area (Å²) in [5, 5.41) is 3.60. The molecule has 2 nitrogen and oxygen atoms in total. The molecule has 2 aliphatic heterocycles. The molecule has 2 rings (SSSR count). The Morgan fingerprint density at radius 2 is 2.07 bits per heavy atom. The Kier molecular flexibility index (Phi) is 4.68. The second-order valence-electron chi connectivity index (χ2n) is 4.89. The third-order valence-electron chi connectivity index (χ3n) is 3.04. The summed E-state index contributed by atoms with van der Waals surface area (Å²) < 4.78 is 5.15. The molecular weight excluding hydrogens is 198 g/mol. The summed E-state index contributed by atoms with van der Waals surface area (Å²) in [5.74, 6) is 0. The lowest BCUT2D eigenvalue weighted by Gasteiger charge is -2.41. The number of rotatable bonds is 0. The second kappa shape index (κ2) is 5.34. The standard InChI is InChI=1S/C6H12O.C5H10ClN/c1-5-6(2,3)4-7-5;6-5-2-1-3-7-4-5/h5H,4H2,1-3H3;5,7H,1-4H2. The van der Waals surface area contributed by atoms with E-state index in [1.807, 2.05) is 0 Å². The van der Waals surface area contributed by atoms with E-state index in [0.29, 0.717) is 16.9 Å². The molecule has 2 saturated heterocycles. The Morgan fingerprint density at radius 3 is 2.21 bits per heavy atom. The van der Waals surface area contributed by atoms with E-state index in [0.717, 1.165) is 19.7 Å². The molecular formula is C11H22ClNO. The largest absolute Gasteiger partial charge is 0.377 e. The van der Waals surface area contributed by atoms with Gasteiger partial charge in [-0.3, -0.25) is 0 Å². The summed E-state index contributed by atoms with van der Waals surface area (Å²) in [5.41, 5.74) is 0.458. The molecule has 0 radical (unpaired) electrons. The zero-order valence-electron chi connectivity index (χ0n) is 9.48. The van der Waals surface area contributed by atoms with E-state index >= 15 is 0 Å². The van der Waals surface area contributed by atoms with Gasteiger partial charge in [0.05, 0.1) is 12.7 Å². The van der Waals surface area contributed by atoms with Crippen LogP contribution in [0.5, 0.6) is 0 Å². The first-order valence-electron chi connectivity index (χ1n) is 5.49. The van der Waals surface area contributed by atoms with Crippen molar-refractivity contribution in [1.29, 1.82) is 0 Å². The van der Waals surface area contributed by atoms with E-state index in [1.54, 1.807) is 0 Å². The van der Waals surface area contributed by atoms with Crippen LogP contribution in [0.1, 0.15) is 33.6 Å². The highest BCUT2D eigenvalue weighted by molar-refractivity contribution is 6.20. The first-order chi connectivity index (χ1) is 6.52. The molecule has 0 aliphatic carbocycles. The summed E-state index contributed by atoms with van der Waals surface area (Å²) in [4.78, 5) is 0. The Balaban J connectivity index is 0.000000140. The number of hydrogen-bond donors (Lipinski definition) is 1. The summed E-state index contributed by atoms with van der Waals surface area (Å²) in [6.07, 6.45) is 2.91. The number of ether oxygens (including phenoxy) is 1. The highest BCUT2D eigenvalue weighted by atomic mass is 35.5. The summed E-state index contributed by atoms with van der Waals surface area (Å²) in [7, 11) is 0. The minimum atomic E-state index is 0.397. The van der Waals surface area contributed by atoms with Crippen LogP contribution >= 0.6 is 11.6 Å². The van der Waals surface area contributed by atoms with Crippen LogP contribution in [0.4, 0.5) is 0 Å². The van der Waals surface area contributed by atoms with Crippen molar-refractivity contribution in [3.63, 3.8) is 0 Å². The third-order valence-corrected chi connectivity index (χ3v) is 3.42. The van der Waals surface area contributed by atoms with Crippen molar-refractivity contribution < 1.29 is 4.74 Å². The Bertz CT molecular complexity index is 167. The van der Waals surface area contributed by atoms with Gasteiger partial charge in [0.25, 0.3) is 0 Å². The van der Waals surface area contributed by atoms with Gasteiger partial charge in [-0.2, -0.15) is 0 Å². The van der Waals surface area contributed by atoms with Gasteiger partial charge < -0.3 is 10.1 Å².